The third-order valence-electron chi connectivity index (χ3n) is 3.07. The summed E-state index contributed by atoms with van der Waals surface area (Å²) in [6, 6.07) is 10.1. The Bertz CT molecular complexity index is 613. The highest BCUT2D eigenvalue weighted by atomic mass is 79.9. The lowest BCUT2D eigenvalue weighted by molar-refractivity contribution is 0.220. The zero-order valence-corrected chi connectivity index (χ0v) is 12.9. The van der Waals surface area contributed by atoms with Crippen molar-refractivity contribution in [3.63, 3.8) is 0 Å². The maximum atomic E-state index is 13.3. The van der Waals surface area contributed by atoms with E-state index >= 15 is 0 Å². The van der Waals surface area contributed by atoms with Crippen LogP contribution in [0.3, 0.4) is 0 Å². The first-order chi connectivity index (χ1) is 9.52. The fourth-order valence-corrected chi connectivity index (χ4v) is 2.50. The number of ether oxygens (including phenoxy) is 1. The quantitative estimate of drug-likeness (QED) is 0.896. The van der Waals surface area contributed by atoms with Crippen molar-refractivity contribution in [3.8, 4) is 5.75 Å². The maximum Gasteiger partial charge on any atom is 0.133 e. The first-order valence-corrected chi connectivity index (χ1v) is 7.18. The Morgan fingerprint density at radius 3 is 2.45 bits per heavy atom. The van der Waals surface area contributed by atoms with E-state index in [0.717, 1.165) is 15.8 Å². The van der Waals surface area contributed by atoms with Crippen LogP contribution in [0, 0.1) is 12.7 Å². The van der Waals surface area contributed by atoms with Crippen molar-refractivity contribution in [2.45, 2.75) is 20.0 Å². The van der Waals surface area contributed by atoms with E-state index in [9.17, 15) is 9.50 Å². The molecule has 2 aromatic rings. The lowest BCUT2D eigenvalue weighted by Crippen LogP contribution is -2.01. The van der Waals surface area contributed by atoms with E-state index in [1.165, 1.54) is 6.07 Å². The molecule has 0 heterocycles. The van der Waals surface area contributed by atoms with Gasteiger partial charge in [0, 0.05) is 0 Å². The Morgan fingerprint density at radius 1 is 1.20 bits per heavy atom. The summed E-state index contributed by atoms with van der Waals surface area (Å²) < 4.78 is 19.5. The predicted octanol–water partition coefficient (Wildman–Crippen LogP) is 4.38. The monoisotopic (exact) mass is 338 g/mol. The van der Waals surface area contributed by atoms with Gasteiger partial charge in [0.15, 0.2) is 0 Å². The van der Waals surface area contributed by atoms with E-state index in [1.807, 2.05) is 19.1 Å². The lowest BCUT2D eigenvalue weighted by Gasteiger charge is -2.14. The number of aryl methyl sites for hydroxylation is 1. The molecule has 0 spiro atoms. The molecule has 0 amide bonds. The summed E-state index contributed by atoms with van der Waals surface area (Å²) in [6.07, 6.45) is -0.790. The largest absolute Gasteiger partial charge is 0.493 e. The third-order valence-corrected chi connectivity index (χ3v) is 3.69. The number of rotatable bonds is 4. The molecule has 0 aromatic heterocycles. The Labute approximate surface area is 126 Å². The van der Waals surface area contributed by atoms with E-state index in [4.69, 9.17) is 4.74 Å². The van der Waals surface area contributed by atoms with Gasteiger partial charge in [0.2, 0.25) is 0 Å². The summed E-state index contributed by atoms with van der Waals surface area (Å²) in [5.74, 6) is 0.465. The molecule has 2 aromatic carbocycles. The smallest absolute Gasteiger partial charge is 0.133 e. The van der Waals surface area contributed by atoms with Gasteiger partial charge in [-0.1, -0.05) is 18.2 Å². The Hall–Kier alpha value is -1.39. The molecule has 0 saturated carbocycles. The summed E-state index contributed by atoms with van der Waals surface area (Å²) >= 11 is 3.42. The fraction of sp³-hybridized carbons (Fsp3) is 0.250. The second-order valence-electron chi connectivity index (χ2n) is 4.53. The molecule has 0 aliphatic heterocycles. The SMILES string of the molecule is CCOc1ccc(C(O)c2ccc(F)c(C)c2)cc1Br. The first kappa shape index (κ1) is 15.0. The van der Waals surface area contributed by atoms with Crippen LogP contribution in [0.25, 0.3) is 0 Å². The topological polar surface area (TPSA) is 29.5 Å². The van der Waals surface area contributed by atoms with Crippen molar-refractivity contribution < 1.29 is 14.2 Å². The minimum atomic E-state index is -0.790. The molecule has 0 radical (unpaired) electrons. The summed E-state index contributed by atoms with van der Waals surface area (Å²) in [6.45, 7) is 4.17. The average Bonchev–Trinajstić information content (AvgIpc) is 2.43. The molecule has 4 heteroatoms. The normalized spacial score (nSPS) is 12.2. The van der Waals surface area contributed by atoms with Gasteiger partial charge in [-0.2, -0.15) is 0 Å². The number of benzene rings is 2. The Morgan fingerprint density at radius 2 is 1.85 bits per heavy atom. The molecule has 1 unspecified atom stereocenters. The van der Waals surface area contributed by atoms with Gasteiger partial charge in [-0.05, 0) is 64.7 Å². The van der Waals surface area contributed by atoms with Crippen molar-refractivity contribution in [1.82, 2.24) is 0 Å². The molecule has 1 atom stereocenters. The summed E-state index contributed by atoms with van der Waals surface area (Å²) in [5.41, 5.74) is 1.91. The zero-order valence-electron chi connectivity index (χ0n) is 11.4. The van der Waals surface area contributed by atoms with Gasteiger partial charge in [-0.15, -0.1) is 0 Å². The van der Waals surface area contributed by atoms with Gasteiger partial charge in [0.25, 0.3) is 0 Å². The van der Waals surface area contributed by atoms with Crippen LogP contribution >= 0.6 is 15.9 Å². The fourth-order valence-electron chi connectivity index (χ4n) is 1.99. The van der Waals surface area contributed by atoms with Crippen LogP contribution in [-0.2, 0) is 0 Å². The minimum absolute atomic E-state index is 0.270. The van der Waals surface area contributed by atoms with Crippen LogP contribution < -0.4 is 4.74 Å². The molecule has 106 valence electrons. The Balaban J connectivity index is 2.30. The van der Waals surface area contributed by atoms with Crippen LogP contribution in [0.5, 0.6) is 5.75 Å². The highest BCUT2D eigenvalue weighted by molar-refractivity contribution is 9.10. The summed E-state index contributed by atoms with van der Waals surface area (Å²) in [7, 11) is 0. The van der Waals surface area contributed by atoms with E-state index in [-0.39, 0.29) is 5.82 Å². The second-order valence-corrected chi connectivity index (χ2v) is 5.39. The van der Waals surface area contributed by atoms with E-state index < -0.39 is 6.10 Å². The van der Waals surface area contributed by atoms with Gasteiger partial charge >= 0.3 is 0 Å². The number of hydrogen-bond donors (Lipinski definition) is 1. The van der Waals surface area contributed by atoms with E-state index in [0.29, 0.717) is 17.7 Å². The van der Waals surface area contributed by atoms with Crippen molar-refractivity contribution in [2.24, 2.45) is 0 Å². The van der Waals surface area contributed by atoms with Crippen LogP contribution in [0.1, 0.15) is 29.7 Å². The summed E-state index contributed by atoms with van der Waals surface area (Å²) in [5, 5.41) is 10.4. The molecule has 0 saturated heterocycles. The van der Waals surface area contributed by atoms with E-state index in [1.54, 1.807) is 25.1 Å². The average molecular weight is 339 g/mol. The zero-order chi connectivity index (χ0) is 14.7. The first-order valence-electron chi connectivity index (χ1n) is 6.39. The molecular weight excluding hydrogens is 323 g/mol. The van der Waals surface area contributed by atoms with Gasteiger partial charge in [-0.3, -0.25) is 0 Å². The van der Waals surface area contributed by atoms with Crippen LogP contribution in [0.2, 0.25) is 0 Å². The standard InChI is InChI=1S/C16H16BrFO2/c1-3-20-15-7-5-12(9-13(15)17)16(19)11-4-6-14(18)10(2)8-11/h4-9,16,19H,3H2,1-2H3. The Kier molecular flexibility index (Phi) is 4.78. The number of aliphatic hydroxyl groups is 1. The molecule has 0 aliphatic rings. The molecule has 1 N–H and O–H groups in total. The maximum absolute atomic E-state index is 13.3. The highest BCUT2D eigenvalue weighted by Gasteiger charge is 2.13. The predicted molar refractivity (Wildman–Crippen MR) is 80.5 cm³/mol. The van der Waals surface area contributed by atoms with Crippen LogP contribution in [0.4, 0.5) is 4.39 Å². The molecular formula is C16H16BrFO2. The van der Waals surface area contributed by atoms with Crippen LogP contribution in [-0.4, -0.2) is 11.7 Å². The van der Waals surface area contributed by atoms with Gasteiger partial charge in [0.05, 0.1) is 11.1 Å². The van der Waals surface area contributed by atoms with E-state index in [2.05, 4.69) is 15.9 Å². The molecule has 2 nitrogen and oxygen atoms in total. The van der Waals surface area contributed by atoms with Crippen molar-refractivity contribution >= 4 is 15.9 Å². The molecule has 2 rings (SSSR count). The summed E-state index contributed by atoms with van der Waals surface area (Å²) in [4.78, 5) is 0. The van der Waals surface area contributed by atoms with Crippen molar-refractivity contribution in [3.05, 3.63) is 63.4 Å². The molecule has 20 heavy (non-hydrogen) atoms. The van der Waals surface area contributed by atoms with Gasteiger partial charge < -0.3 is 9.84 Å². The molecule has 0 fully saturated rings. The highest BCUT2D eigenvalue weighted by Crippen LogP contribution is 2.31. The van der Waals surface area contributed by atoms with Crippen molar-refractivity contribution in [1.29, 1.82) is 0 Å². The second kappa shape index (κ2) is 6.37. The number of aliphatic hydroxyl groups excluding tert-OH is 1. The molecule has 0 bridgehead atoms. The minimum Gasteiger partial charge on any atom is -0.493 e. The van der Waals surface area contributed by atoms with Crippen LogP contribution in [0.15, 0.2) is 40.9 Å². The molecule has 0 aliphatic carbocycles. The number of halogens is 2. The van der Waals surface area contributed by atoms with Gasteiger partial charge in [-0.25, -0.2) is 4.39 Å². The van der Waals surface area contributed by atoms with Gasteiger partial charge in [0.1, 0.15) is 17.7 Å². The third kappa shape index (κ3) is 3.19. The number of hydrogen-bond acceptors (Lipinski definition) is 2. The lowest BCUT2D eigenvalue weighted by atomic mass is 10.00. The van der Waals surface area contributed by atoms with Crippen molar-refractivity contribution in [2.75, 3.05) is 6.61 Å².